The molecule has 0 unspecified atom stereocenters. The van der Waals surface area contributed by atoms with Crippen molar-refractivity contribution in [1.82, 2.24) is 10.2 Å². The lowest BCUT2D eigenvalue weighted by Gasteiger charge is -2.15. The van der Waals surface area contributed by atoms with E-state index in [2.05, 4.69) is 15.5 Å². The van der Waals surface area contributed by atoms with Gasteiger partial charge in [-0.2, -0.15) is 5.10 Å². The molecule has 0 fully saturated rings. The number of nitrogens with one attached hydrogen (secondary N) is 2. The highest BCUT2D eigenvalue weighted by Gasteiger charge is 2.19. The smallest absolute Gasteiger partial charge is 0.412 e. The van der Waals surface area contributed by atoms with Gasteiger partial charge in [0.2, 0.25) is 0 Å². The van der Waals surface area contributed by atoms with E-state index in [1.54, 1.807) is 13.0 Å². The summed E-state index contributed by atoms with van der Waals surface area (Å²) in [5.41, 5.74) is 6.39. The van der Waals surface area contributed by atoms with Crippen molar-refractivity contribution in [2.75, 3.05) is 5.32 Å². The number of ether oxygens (including phenoxy) is 2. The minimum Gasteiger partial charge on any atom is -0.463 e. The summed E-state index contributed by atoms with van der Waals surface area (Å²) in [6.45, 7) is 4.28. The molecule has 0 spiro atoms. The lowest BCUT2D eigenvalue weighted by Crippen LogP contribution is -2.17. The van der Waals surface area contributed by atoms with Gasteiger partial charge in [0.15, 0.2) is 0 Å². The summed E-state index contributed by atoms with van der Waals surface area (Å²) in [4.78, 5) is 23.0. The molecule has 0 aliphatic carbocycles. The lowest BCUT2D eigenvalue weighted by molar-refractivity contribution is -0.129. The number of anilines is 1. The van der Waals surface area contributed by atoms with Gasteiger partial charge in [-0.15, -0.1) is 0 Å². The highest BCUT2D eigenvalue weighted by molar-refractivity contribution is 6.31. The first-order chi connectivity index (χ1) is 17.0. The van der Waals surface area contributed by atoms with Gasteiger partial charge in [-0.05, 0) is 36.6 Å². The Morgan fingerprint density at radius 1 is 1.03 bits per heavy atom. The van der Waals surface area contributed by atoms with Crippen molar-refractivity contribution in [3.63, 3.8) is 0 Å². The van der Waals surface area contributed by atoms with E-state index in [4.69, 9.17) is 21.1 Å². The number of aryl methyl sites for hydroxylation is 1. The van der Waals surface area contributed by atoms with E-state index >= 15 is 0 Å². The van der Waals surface area contributed by atoms with Crippen LogP contribution in [0.25, 0.3) is 22.4 Å². The SMILES string of the molecule is Cc1[nH]nc(-c2ccc(-c3ccc(COC=O)cc3)cc2)c1NC(=O)O[C@H](C)c1ccccc1Cl. The van der Waals surface area contributed by atoms with Crippen molar-refractivity contribution in [3.05, 3.63) is 94.6 Å². The number of aromatic amines is 1. The van der Waals surface area contributed by atoms with E-state index in [1.165, 1.54) is 0 Å². The van der Waals surface area contributed by atoms with Crippen LogP contribution in [-0.4, -0.2) is 22.8 Å². The molecule has 0 radical (unpaired) electrons. The number of carbonyl (C=O) groups is 2. The summed E-state index contributed by atoms with van der Waals surface area (Å²) in [5.74, 6) is 0. The number of amides is 1. The van der Waals surface area contributed by atoms with Gasteiger partial charge < -0.3 is 9.47 Å². The number of H-pyrrole nitrogens is 1. The third-order valence-corrected chi connectivity index (χ3v) is 5.91. The van der Waals surface area contributed by atoms with Crippen molar-refractivity contribution in [3.8, 4) is 22.4 Å². The first-order valence-electron chi connectivity index (χ1n) is 11.0. The second kappa shape index (κ2) is 10.9. The number of benzene rings is 3. The molecule has 0 saturated heterocycles. The molecule has 178 valence electrons. The highest BCUT2D eigenvalue weighted by atomic mass is 35.5. The van der Waals surface area contributed by atoms with E-state index in [1.807, 2.05) is 73.7 Å². The van der Waals surface area contributed by atoms with Crippen molar-refractivity contribution in [1.29, 1.82) is 0 Å². The van der Waals surface area contributed by atoms with Crippen LogP contribution >= 0.6 is 11.6 Å². The van der Waals surface area contributed by atoms with Crippen molar-refractivity contribution >= 4 is 29.9 Å². The number of aromatic nitrogens is 2. The Morgan fingerprint density at radius 3 is 2.31 bits per heavy atom. The molecule has 0 bridgehead atoms. The summed E-state index contributed by atoms with van der Waals surface area (Å²) < 4.78 is 10.3. The predicted molar refractivity (Wildman–Crippen MR) is 135 cm³/mol. The summed E-state index contributed by atoms with van der Waals surface area (Å²) in [6.07, 6.45) is -1.12. The molecule has 0 aliphatic heterocycles. The monoisotopic (exact) mass is 489 g/mol. The quantitative estimate of drug-likeness (QED) is 0.269. The van der Waals surface area contributed by atoms with E-state index in [9.17, 15) is 9.59 Å². The average molecular weight is 490 g/mol. The summed E-state index contributed by atoms with van der Waals surface area (Å²) in [6, 6.07) is 22.9. The van der Waals surface area contributed by atoms with Crippen LogP contribution in [0.1, 0.15) is 29.8 Å². The van der Waals surface area contributed by atoms with E-state index in [0.29, 0.717) is 28.6 Å². The standard InChI is InChI=1S/C27H24ClN3O4/c1-17-25(29-27(33)35-18(2)23-5-3-4-6-24(23)28)26(31-30-17)22-13-11-21(12-14-22)20-9-7-19(8-10-20)15-34-16-32/h3-14,16,18H,15H2,1-2H3,(H,29,33)(H,30,31)/t18-/m1/s1. The molecule has 3 aromatic carbocycles. The van der Waals surface area contributed by atoms with Crippen LogP contribution in [0.2, 0.25) is 5.02 Å². The van der Waals surface area contributed by atoms with Crippen LogP contribution in [0.5, 0.6) is 0 Å². The van der Waals surface area contributed by atoms with E-state index in [-0.39, 0.29) is 6.61 Å². The minimum absolute atomic E-state index is 0.247. The highest BCUT2D eigenvalue weighted by Crippen LogP contribution is 2.31. The molecule has 1 heterocycles. The third-order valence-electron chi connectivity index (χ3n) is 5.56. The Balaban J connectivity index is 1.47. The first-order valence-corrected chi connectivity index (χ1v) is 11.4. The maximum atomic E-state index is 12.6. The Kier molecular flexibility index (Phi) is 7.48. The van der Waals surface area contributed by atoms with Gasteiger partial charge in [0.1, 0.15) is 18.4 Å². The van der Waals surface area contributed by atoms with Crippen LogP contribution in [0, 0.1) is 6.92 Å². The van der Waals surface area contributed by atoms with Crippen LogP contribution in [0.15, 0.2) is 72.8 Å². The fourth-order valence-electron chi connectivity index (χ4n) is 3.70. The van der Waals surface area contributed by atoms with Gasteiger partial charge in [0, 0.05) is 16.1 Å². The zero-order valence-corrected chi connectivity index (χ0v) is 20.0. The van der Waals surface area contributed by atoms with Gasteiger partial charge in [-0.25, -0.2) is 4.79 Å². The second-order valence-electron chi connectivity index (χ2n) is 7.95. The summed E-state index contributed by atoms with van der Waals surface area (Å²) in [7, 11) is 0. The van der Waals surface area contributed by atoms with Gasteiger partial charge in [-0.1, -0.05) is 78.3 Å². The Labute approximate surface area is 208 Å². The fraction of sp³-hybridized carbons (Fsp3) is 0.148. The van der Waals surface area contributed by atoms with Crippen LogP contribution in [-0.2, 0) is 20.9 Å². The number of hydrogen-bond donors (Lipinski definition) is 2. The topological polar surface area (TPSA) is 93.3 Å². The molecule has 35 heavy (non-hydrogen) atoms. The molecule has 4 aromatic rings. The zero-order valence-electron chi connectivity index (χ0n) is 19.2. The van der Waals surface area contributed by atoms with E-state index in [0.717, 1.165) is 27.8 Å². The molecule has 0 saturated carbocycles. The summed E-state index contributed by atoms with van der Waals surface area (Å²) >= 11 is 6.22. The maximum absolute atomic E-state index is 12.6. The molecule has 2 N–H and O–H groups in total. The predicted octanol–water partition coefficient (Wildman–Crippen LogP) is 6.69. The van der Waals surface area contributed by atoms with Crippen LogP contribution in [0.3, 0.4) is 0 Å². The maximum Gasteiger partial charge on any atom is 0.412 e. The molecule has 0 aliphatic rings. The lowest BCUT2D eigenvalue weighted by atomic mass is 10.0. The Bertz CT molecular complexity index is 1320. The molecule has 1 aromatic heterocycles. The molecule has 7 nitrogen and oxygen atoms in total. The number of halogens is 1. The van der Waals surface area contributed by atoms with Gasteiger partial charge in [0.25, 0.3) is 6.47 Å². The number of nitrogens with zero attached hydrogens (tertiary/aromatic N) is 1. The molecular weight excluding hydrogens is 466 g/mol. The van der Waals surface area contributed by atoms with Gasteiger partial charge in [0.05, 0.1) is 11.4 Å². The molecule has 1 amide bonds. The molecule has 4 rings (SSSR count). The zero-order chi connectivity index (χ0) is 24.8. The first kappa shape index (κ1) is 24.0. The molecular formula is C27H24ClN3O4. The van der Waals surface area contributed by atoms with Crippen molar-refractivity contribution < 1.29 is 19.1 Å². The Morgan fingerprint density at radius 2 is 1.66 bits per heavy atom. The average Bonchev–Trinajstić information content (AvgIpc) is 3.23. The minimum atomic E-state index is -0.599. The van der Waals surface area contributed by atoms with Crippen molar-refractivity contribution in [2.45, 2.75) is 26.6 Å². The van der Waals surface area contributed by atoms with E-state index < -0.39 is 12.2 Å². The third kappa shape index (κ3) is 5.70. The second-order valence-corrected chi connectivity index (χ2v) is 8.35. The molecule has 1 atom stereocenters. The van der Waals surface area contributed by atoms with Crippen LogP contribution < -0.4 is 5.32 Å². The Hall–Kier alpha value is -4.10. The number of hydrogen-bond acceptors (Lipinski definition) is 5. The summed E-state index contributed by atoms with van der Waals surface area (Å²) in [5, 5.41) is 10.7. The number of rotatable bonds is 8. The van der Waals surface area contributed by atoms with Crippen LogP contribution in [0.4, 0.5) is 10.5 Å². The fourth-order valence-corrected chi connectivity index (χ4v) is 3.98. The van der Waals surface area contributed by atoms with Gasteiger partial charge >= 0.3 is 6.09 Å². The van der Waals surface area contributed by atoms with Gasteiger partial charge in [-0.3, -0.25) is 15.2 Å². The largest absolute Gasteiger partial charge is 0.463 e. The molecule has 8 heteroatoms. The normalized spacial score (nSPS) is 11.5. The van der Waals surface area contributed by atoms with Crippen molar-refractivity contribution in [2.24, 2.45) is 0 Å². The number of carbonyl (C=O) groups excluding carboxylic acids is 2.